The van der Waals surface area contributed by atoms with Crippen LogP contribution in [0, 0.1) is 17.8 Å². The van der Waals surface area contributed by atoms with Crippen molar-refractivity contribution in [1.29, 1.82) is 0 Å². The summed E-state index contributed by atoms with van der Waals surface area (Å²) >= 11 is 0. The maximum Gasteiger partial charge on any atom is 0.312 e. The Hall–Kier alpha value is -5.20. The van der Waals surface area contributed by atoms with Crippen molar-refractivity contribution in [3.8, 4) is 23.0 Å². The second kappa shape index (κ2) is 18.4. The molecule has 0 spiro atoms. The molecular weight excluding hydrogens is 768 g/mol. The highest BCUT2D eigenvalue weighted by molar-refractivity contribution is 6.23. The van der Waals surface area contributed by atoms with Crippen molar-refractivity contribution in [2.75, 3.05) is 52.8 Å². The van der Waals surface area contributed by atoms with Gasteiger partial charge in [0.2, 0.25) is 0 Å². The number of carbonyl (C=O) groups is 3. The number of anilines is 1. The number of carbonyl (C=O) groups excluding carboxylic acids is 3. The van der Waals surface area contributed by atoms with Crippen LogP contribution in [-0.4, -0.2) is 143 Å². The Balaban J connectivity index is 1.69. The number of aromatic hydroxyl groups is 3. The van der Waals surface area contributed by atoms with Crippen LogP contribution in [0.25, 0.3) is 10.8 Å². The summed E-state index contributed by atoms with van der Waals surface area (Å²) in [5, 5.41) is 66.3. The molecule has 5 bridgehead atoms. The highest BCUT2D eigenvalue weighted by Crippen LogP contribution is 2.53. The van der Waals surface area contributed by atoms with Crippen LogP contribution in [-0.2, 0) is 28.5 Å². The third-order valence-electron chi connectivity index (χ3n) is 11.4. The number of phenolic OH excluding ortho intramolecular Hbond substituents is 3. The minimum atomic E-state index is -2.08. The normalized spacial score (nSPS) is 32.1. The number of Topliss-reactive ketones (excluding diaryl/α,β-unsaturated/α-hetero) is 1. The standard InChI is InChI=1S/C42H56N4O13/c1-21-11-10-12-22(2)41(54)44-33-26(20-43-46-16-14-45(7)15-17-46)36(51)32-30(37(33)52)27(48)19-29-31(32)40(53)42(6,59-29)57-18-13-28(55-8)39(56-9)38(58-25(5)47)24(4)35(50)23(3)34(21)49/h10-13,18-21,23-24,28,34-35,38-39,48-52H,14-17H2,1-9H3,(H,44,54)/b11-10+,18-13+,22-12-,43-20?/t21-,23+,24+,28-,34+,35+,38-,39+,42-/m0/s1. The number of piperazine rings is 1. The van der Waals surface area contributed by atoms with Gasteiger partial charge < -0.3 is 59.4 Å². The Morgan fingerprint density at radius 2 is 1.64 bits per heavy atom. The number of benzene rings is 2. The summed E-state index contributed by atoms with van der Waals surface area (Å²) in [6.45, 7) is 11.6. The SMILES string of the molecule is CO[C@H]1[C@@H](OC(C)=O)[C@H](C)[C@H](O)[C@H](C)[C@H](O)[C@@H](C)/C=C/C=C(/C)C(=O)Nc2c(C=NN3CCN(C)CC3)c(O)c3c4c(cc(O)c3c2O)O[C@](C)(O/C=C/[C@@H]1OC)C4=O. The van der Waals surface area contributed by atoms with Crippen LogP contribution in [0.15, 0.2) is 47.3 Å². The van der Waals surface area contributed by atoms with Gasteiger partial charge in [-0.05, 0) is 20.0 Å². The predicted octanol–water partition coefficient (Wildman–Crippen LogP) is 3.41. The zero-order valence-electron chi connectivity index (χ0n) is 34.8. The van der Waals surface area contributed by atoms with Crippen LogP contribution in [0.2, 0.25) is 0 Å². The Morgan fingerprint density at radius 1 is 0.966 bits per heavy atom. The van der Waals surface area contributed by atoms with Gasteiger partial charge in [-0.1, -0.05) is 39.0 Å². The summed E-state index contributed by atoms with van der Waals surface area (Å²) in [4.78, 5) is 42.5. The zero-order valence-corrected chi connectivity index (χ0v) is 34.8. The van der Waals surface area contributed by atoms with Crippen LogP contribution in [0.3, 0.4) is 0 Å². The maximum atomic E-state index is 14.3. The fourth-order valence-electron chi connectivity index (χ4n) is 7.62. The lowest BCUT2D eigenvalue weighted by atomic mass is 9.80. The van der Waals surface area contributed by atoms with E-state index in [1.54, 1.807) is 37.9 Å². The number of fused-ring (bicyclic) bond motifs is 14. The van der Waals surface area contributed by atoms with Crippen LogP contribution >= 0.6 is 0 Å². The van der Waals surface area contributed by atoms with E-state index in [2.05, 4.69) is 15.3 Å². The lowest BCUT2D eigenvalue weighted by Crippen LogP contribution is -2.50. The quantitative estimate of drug-likeness (QED) is 0.110. The van der Waals surface area contributed by atoms with Crippen LogP contribution in [0.1, 0.15) is 57.5 Å². The highest BCUT2D eigenvalue weighted by atomic mass is 16.7. The van der Waals surface area contributed by atoms with E-state index < -0.39 is 89.0 Å². The lowest BCUT2D eigenvalue weighted by Gasteiger charge is -2.38. The van der Waals surface area contributed by atoms with Crippen LogP contribution in [0.4, 0.5) is 5.69 Å². The zero-order chi connectivity index (χ0) is 43.5. The van der Waals surface area contributed by atoms with E-state index >= 15 is 0 Å². The monoisotopic (exact) mass is 824 g/mol. The first-order chi connectivity index (χ1) is 27.8. The second-order valence-electron chi connectivity index (χ2n) is 15.6. The number of ketones is 1. The number of ether oxygens (including phenoxy) is 5. The molecule has 0 saturated carbocycles. The number of methoxy groups -OCH3 is 2. The number of aliphatic hydroxyl groups is 2. The largest absolute Gasteiger partial charge is 0.507 e. The minimum absolute atomic E-state index is 0.149. The number of esters is 1. The van der Waals surface area contributed by atoms with Crippen LogP contribution < -0.4 is 10.1 Å². The molecule has 0 radical (unpaired) electrons. The van der Waals surface area contributed by atoms with Gasteiger partial charge in [0.25, 0.3) is 11.7 Å². The number of hydrazone groups is 1. The summed E-state index contributed by atoms with van der Waals surface area (Å²) in [6, 6.07) is 1.10. The first kappa shape index (κ1) is 44.9. The van der Waals surface area contributed by atoms with E-state index in [0.29, 0.717) is 26.2 Å². The molecule has 2 aromatic rings. The van der Waals surface area contributed by atoms with Crippen molar-refractivity contribution in [3.63, 3.8) is 0 Å². The van der Waals surface area contributed by atoms with Gasteiger partial charge in [0.1, 0.15) is 35.6 Å². The molecule has 4 heterocycles. The molecule has 17 nitrogen and oxygen atoms in total. The van der Waals surface area contributed by atoms with Gasteiger partial charge in [-0.2, -0.15) is 5.10 Å². The summed E-state index contributed by atoms with van der Waals surface area (Å²) in [5.74, 6) is -8.27. The average molecular weight is 825 g/mol. The molecule has 2 aromatic carbocycles. The van der Waals surface area contributed by atoms with E-state index in [9.17, 15) is 39.9 Å². The van der Waals surface area contributed by atoms with Gasteiger partial charge in [0, 0.05) is 89.0 Å². The smallest absolute Gasteiger partial charge is 0.312 e. The van der Waals surface area contributed by atoms with Gasteiger partial charge in [-0.15, -0.1) is 0 Å². The summed E-state index contributed by atoms with van der Waals surface area (Å²) in [6.07, 6.45) is 3.05. The van der Waals surface area contributed by atoms with E-state index in [1.807, 2.05) is 7.05 Å². The van der Waals surface area contributed by atoms with Gasteiger partial charge in [-0.25, -0.2) is 0 Å². The molecule has 6 N–H and O–H groups in total. The van der Waals surface area contributed by atoms with Crippen LogP contribution in [0.5, 0.6) is 23.0 Å². The molecule has 9 atom stereocenters. The maximum absolute atomic E-state index is 14.3. The predicted molar refractivity (Wildman–Crippen MR) is 217 cm³/mol. The number of likely N-dealkylation sites (N-methyl/N-ethyl adjacent to an activating group) is 1. The van der Waals surface area contributed by atoms with Crippen molar-refractivity contribution in [3.05, 3.63) is 53.3 Å². The molecule has 4 aliphatic rings. The number of allylic oxidation sites excluding steroid dienone is 2. The molecule has 1 fully saturated rings. The third-order valence-corrected chi connectivity index (χ3v) is 11.4. The Morgan fingerprint density at radius 3 is 2.27 bits per heavy atom. The molecule has 1 saturated heterocycles. The van der Waals surface area contributed by atoms with E-state index in [-0.39, 0.29) is 38.9 Å². The molecule has 0 aliphatic carbocycles. The van der Waals surface area contributed by atoms with Crippen molar-refractivity contribution < 1.29 is 63.6 Å². The number of hydrogen-bond acceptors (Lipinski definition) is 16. The Labute approximate surface area is 343 Å². The number of phenols is 3. The number of rotatable bonds is 5. The van der Waals surface area contributed by atoms with Gasteiger partial charge in [-0.3, -0.25) is 19.4 Å². The molecule has 4 aliphatic heterocycles. The second-order valence-corrected chi connectivity index (χ2v) is 15.6. The number of amides is 1. The first-order valence-corrected chi connectivity index (χ1v) is 19.4. The van der Waals surface area contributed by atoms with Crippen molar-refractivity contribution in [2.45, 2.75) is 77.8 Å². The molecule has 17 heteroatoms. The van der Waals surface area contributed by atoms with Gasteiger partial charge in [0.05, 0.1) is 46.9 Å². The van der Waals surface area contributed by atoms with E-state index in [1.165, 1.54) is 53.4 Å². The third kappa shape index (κ3) is 9.18. The van der Waals surface area contributed by atoms with Gasteiger partial charge in [0.15, 0.2) is 5.75 Å². The number of nitrogens with one attached hydrogen (secondary N) is 1. The lowest BCUT2D eigenvalue weighted by molar-refractivity contribution is -0.173. The first-order valence-electron chi connectivity index (χ1n) is 19.4. The fourth-order valence-corrected chi connectivity index (χ4v) is 7.62. The van der Waals surface area contributed by atoms with Crippen molar-refractivity contribution in [2.24, 2.45) is 22.9 Å². The molecule has 0 unspecified atom stereocenters. The molecule has 59 heavy (non-hydrogen) atoms. The number of aliphatic hydroxyl groups excluding tert-OH is 2. The van der Waals surface area contributed by atoms with Gasteiger partial charge >= 0.3 is 11.8 Å². The number of nitrogens with zero attached hydrogens (tertiary/aromatic N) is 3. The number of hydrogen-bond donors (Lipinski definition) is 6. The molecule has 1 amide bonds. The molecule has 6 rings (SSSR count). The highest BCUT2D eigenvalue weighted by Gasteiger charge is 2.49. The van der Waals surface area contributed by atoms with E-state index in [0.717, 1.165) is 12.3 Å². The Kier molecular flexibility index (Phi) is 14.0. The molecule has 322 valence electrons. The molecule has 0 aromatic heterocycles. The van der Waals surface area contributed by atoms with Crippen molar-refractivity contribution in [1.82, 2.24) is 9.91 Å². The average Bonchev–Trinajstić information content (AvgIpc) is 3.44. The fraction of sp³-hybridized carbons (Fsp3) is 0.524. The Bertz CT molecular complexity index is 2040. The topological polar surface area (TPSA) is 229 Å². The summed E-state index contributed by atoms with van der Waals surface area (Å²) in [7, 11) is 4.72. The summed E-state index contributed by atoms with van der Waals surface area (Å²) < 4.78 is 29.1. The van der Waals surface area contributed by atoms with E-state index in [4.69, 9.17) is 23.7 Å². The minimum Gasteiger partial charge on any atom is -0.507 e. The molecular formula is C42H56N4O13. The van der Waals surface area contributed by atoms with Crippen molar-refractivity contribution >= 4 is 40.3 Å². The summed E-state index contributed by atoms with van der Waals surface area (Å²) in [5.41, 5.74) is -0.487.